The van der Waals surface area contributed by atoms with Crippen molar-refractivity contribution in [3.8, 4) is 11.3 Å². The number of likely N-dealkylation sites (N-methyl/N-ethyl adjacent to an activating group) is 1. The van der Waals surface area contributed by atoms with Crippen LogP contribution in [0.1, 0.15) is 5.82 Å². The average Bonchev–Trinajstić information content (AvgIpc) is 2.88. The van der Waals surface area contributed by atoms with Crippen molar-refractivity contribution < 1.29 is 0 Å². The lowest BCUT2D eigenvalue weighted by Gasteiger charge is -2.00. The van der Waals surface area contributed by atoms with Crippen LogP contribution in [0.4, 0.5) is 0 Å². The highest BCUT2D eigenvalue weighted by molar-refractivity contribution is 9.10. The predicted octanol–water partition coefficient (Wildman–Crippen LogP) is 1.94. The van der Waals surface area contributed by atoms with Gasteiger partial charge in [0.25, 0.3) is 0 Å². The van der Waals surface area contributed by atoms with E-state index in [9.17, 15) is 0 Å². The lowest BCUT2D eigenvalue weighted by molar-refractivity contribution is 0.713. The molecule has 5 heteroatoms. The van der Waals surface area contributed by atoms with E-state index in [1.54, 1.807) is 0 Å². The Hall–Kier alpha value is -1.07. The summed E-state index contributed by atoms with van der Waals surface area (Å²) < 4.78 is 3.11. The van der Waals surface area contributed by atoms with Crippen LogP contribution in [0.25, 0.3) is 11.3 Å². The molecule has 0 amide bonds. The van der Waals surface area contributed by atoms with Crippen molar-refractivity contribution in [2.45, 2.75) is 6.42 Å². The Balaban J connectivity index is 2.34. The van der Waals surface area contributed by atoms with E-state index in [-0.39, 0.29) is 0 Å². The maximum absolute atomic E-state index is 4.65. The summed E-state index contributed by atoms with van der Waals surface area (Å²) in [5.41, 5.74) is 2.10. The Bertz CT molecular complexity index is 459. The van der Waals surface area contributed by atoms with Gasteiger partial charge in [-0.15, -0.1) is 0 Å². The minimum absolute atomic E-state index is 0.927. The second-order valence-electron chi connectivity index (χ2n) is 3.68. The first-order valence-corrected chi connectivity index (χ1v) is 6.02. The highest BCUT2D eigenvalue weighted by atomic mass is 79.9. The first-order valence-electron chi connectivity index (χ1n) is 5.23. The normalized spacial score (nSPS) is 10.9. The molecular weight excluding hydrogens is 268 g/mol. The number of hydrogen-bond donors (Lipinski definition) is 2. The van der Waals surface area contributed by atoms with Crippen molar-refractivity contribution in [2.75, 3.05) is 13.6 Å². The van der Waals surface area contributed by atoms with Gasteiger partial charge in [0.1, 0.15) is 16.1 Å². The van der Waals surface area contributed by atoms with Gasteiger partial charge in [-0.25, -0.2) is 4.98 Å². The van der Waals surface area contributed by atoms with Crippen LogP contribution in [0.15, 0.2) is 23.1 Å². The van der Waals surface area contributed by atoms with Crippen LogP contribution in [0.3, 0.4) is 0 Å². The number of nitrogens with zero attached hydrogens (tertiary/aromatic N) is 2. The second kappa shape index (κ2) is 4.84. The predicted molar refractivity (Wildman–Crippen MR) is 68.3 cm³/mol. The Kier molecular flexibility index (Phi) is 3.46. The van der Waals surface area contributed by atoms with Crippen molar-refractivity contribution in [3.05, 3.63) is 28.9 Å². The molecule has 0 bridgehead atoms. The largest absolute Gasteiger partial charge is 0.367 e. The summed E-state index contributed by atoms with van der Waals surface area (Å²) >= 11 is 3.58. The fourth-order valence-electron chi connectivity index (χ4n) is 1.64. The zero-order chi connectivity index (χ0) is 11.5. The minimum Gasteiger partial charge on any atom is -0.367 e. The number of aromatic nitrogens is 3. The molecule has 4 nitrogen and oxygen atoms in total. The van der Waals surface area contributed by atoms with Crippen LogP contribution in [0.2, 0.25) is 0 Å². The molecule has 2 heterocycles. The zero-order valence-corrected chi connectivity index (χ0v) is 11.0. The van der Waals surface area contributed by atoms with E-state index >= 15 is 0 Å². The lowest BCUT2D eigenvalue weighted by Crippen LogP contribution is -2.13. The second-order valence-corrected chi connectivity index (χ2v) is 4.43. The van der Waals surface area contributed by atoms with E-state index in [2.05, 4.69) is 35.8 Å². The Labute approximate surface area is 103 Å². The van der Waals surface area contributed by atoms with Crippen LogP contribution in [0.5, 0.6) is 0 Å². The van der Waals surface area contributed by atoms with Gasteiger partial charge >= 0.3 is 0 Å². The van der Waals surface area contributed by atoms with Crippen molar-refractivity contribution in [1.29, 1.82) is 0 Å². The first-order chi connectivity index (χ1) is 7.74. The van der Waals surface area contributed by atoms with E-state index in [0.717, 1.165) is 34.7 Å². The molecule has 0 aliphatic rings. The summed E-state index contributed by atoms with van der Waals surface area (Å²) in [7, 11) is 3.98. The third-order valence-corrected chi connectivity index (χ3v) is 3.50. The first kappa shape index (κ1) is 11.4. The van der Waals surface area contributed by atoms with Crippen molar-refractivity contribution >= 4 is 15.9 Å². The quantitative estimate of drug-likeness (QED) is 0.900. The molecule has 0 unspecified atom stereocenters. The molecule has 0 saturated heterocycles. The summed E-state index contributed by atoms with van der Waals surface area (Å²) in [6.07, 6.45) is 4.79. The Morgan fingerprint density at radius 2 is 2.38 bits per heavy atom. The number of imidazole rings is 1. The molecule has 2 rings (SSSR count). The van der Waals surface area contributed by atoms with Gasteiger partial charge in [0.2, 0.25) is 0 Å². The van der Waals surface area contributed by atoms with Gasteiger partial charge in [-0.1, -0.05) is 0 Å². The van der Waals surface area contributed by atoms with Gasteiger partial charge in [0, 0.05) is 38.0 Å². The fourth-order valence-corrected chi connectivity index (χ4v) is 2.16. The van der Waals surface area contributed by atoms with E-state index < -0.39 is 0 Å². The van der Waals surface area contributed by atoms with Crippen LogP contribution < -0.4 is 5.32 Å². The standard InChI is InChI=1S/C11H15BrN4/c1-13-5-4-9-15-10(11(12)16(9)2)8-3-6-14-7-8/h3,6-7,13-14H,4-5H2,1-2H3. The van der Waals surface area contributed by atoms with Gasteiger partial charge in [0.05, 0.1) is 0 Å². The van der Waals surface area contributed by atoms with Crippen LogP contribution in [-0.2, 0) is 13.5 Å². The molecule has 0 atom stereocenters. The van der Waals surface area contributed by atoms with E-state index in [1.165, 1.54) is 0 Å². The Morgan fingerprint density at radius 1 is 1.56 bits per heavy atom. The molecule has 0 saturated carbocycles. The number of aromatic amines is 1. The van der Waals surface area contributed by atoms with Gasteiger partial charge in [-0.2, -0.15) is 0 Å². The number of nitrogens with one attached hydrogen (secondary N) is 2. The number of halogens is 1. The molecule has 86 valence electrons. The molecule has 0 radical (unpaired) electrons. The molecule has 2 aromatic heterocycles. The van der Waals surface area contributed by atoms with Crippen molar-refractivity contribution in [3.63, 3.8) is 0 Å². The molecule has 0 spiro atoms. The topological polar surface area (TPSA) is 45.6 Å². The van der Waals surface area contributed by atoms with Crippen LogP contribution in [-0.4, -0.2) is 28.1 Å². The van der Waals surface area contributed by atoms with Crippen LogP contribution in [0, 0.1) is 0 Å². The molecule has 2 N–H and O–H groups in total. The average molecular weight is 283 g/mol. The van der Waals surface area contributed by atoms with E-state index in [4.69, 9.17) is 0 Å². The summed E-state index contributed by atoms with van der Waals surface area (Å²) in [5, 5.41) is 3.13. The van der Waals surface area contributed by atoms with Gasteiger partial charge < -0.3 is 14.9 Å². The summed E-state index contributed by atoms with van der Waals surface area (Å²) in [5.74, 6) is 1.08. The molecule has 16 heavy (non-hydrogen) atoms. The van der Waals surface area contributed by atoms with Crippen molar-refractivity contribution in [2.24, 2.45) is 7.05 Å². The number of rotatable bonds is 4. The summed E-state index contributed by atoms with van der Waals surface area (Å²) in [6.45, 7) is 0.934. The maximum Gasteiger partial charge on any atom is 0.112 e. The van der Waals surface area contributed by atoms with E-state index in [0.29, 0.717) is 0 Å². The Morgan fingerprint density at radius 3 is 3.00 bits per heavy atom. The van der Waals surface area contributed by atoms with Crippen LogP contribution >= 0.6 is 15.9 Å². The molecule has 0 aliphatic carbocycles. The monoisotopic (exact) mass is 282 g/mol. The smallest absolute Gasteiger partial charge is 0.112 e. The molecule has 2 aromatic rings. The third kappa shape index (κ3) is 2.05. The van der Waals surface area contributed by atoms with E-state index in [1.807, 2.05) is 32.6 Å². The maximum atomic E-state index is 4.65. The molecule has 0 aromatic carbocycles. The lowest BCUT2D eigenvalue weighted by atomic mass is 10.3. The molecular formula is C11H15BrN4. The third-order valence-electron chi connectivity index (χ3n) is 2.59. The highest BCUT2D eigenvalue weighted by Crippen LogP contribution is 2.27. The highest BCUT2D eigenvalue weighted by Gasteiger charge is 2.13. The number of hydrogen-bond acceptors (Lipinski definition) is 2. The summed E-state index contributed by atoms with van der Waals surface area (Å²) in [4.78, 5) is 7.69. The SMILES string of the molecule is CNCCc1nc(-c2cc[nH]c2)c(Br)n1C. The molecule has 0 aliphatic heterocycles. The number of H-pyrrole nitrogens is 1. The summed E-state index contributed by atoms with van der Waals surface area (Å²) in [6, 6.07) is 2.02. The zero-order valence-electron chi connectivity index (χ0n) is 9.42. The minimum atomic E-state index is 0.927. The molecule has 0 fully saturated rings. The van der Waals surface area contributed by atoms with Gasteiger partial charge in [-0.05, 0) is 29.0 Å². The van der Waals surface area contributed by atoms with Gasteiger partial charge in [-0.3, -0.25) is 0 Å². The van der Waals surface area contributed by atoms with Gasteiger partial charge in [0.15, 0.2) is 0 Å². The fraction of sp³-hybridized carbons (Fsp3) is 0.364. The van der Waals surface area contributed by atoms with Crippen molar-refractivity contribution in [1.82, 2.24) is 19.9 Å².